The van der Waals surface area contributed by atoms with Gasteiger partial charge in [0.2, 0.25) is 0 Å². The highest BCUT2D eigenvalue weighted by atomic mass is 32.5. The molecule has 2 aliphatic heterocycles. The van der Waals surface area contributed by atoms with Crippen LogP contribution in [0.2, 0.25) is 0 Å². The zero-order valence-electron chi connectivity index (χ0n) is 49.3. The molecule has 10 unspecified atom stereocenters. The number of amides is 2. The average molecular weight is 1250 g/mol. The molecule has 2 aliphatic rings. The van der Waals surface area contributed by atoms with Gasteiger partial charge >= 0.3 is 12.4 Å². The Hall–Kier alpha value is -8.17. The summed E-state index contributed by atoms with van der Waals surface area (Å²) in [6, 6.07) is 45.0. The summed E-state index contributed by atoms with van der Waals surface area (Å²) in [6.07, 6.45) is 0.161. The van der Waals surface area contributed by atoms with Crippen LogP contribution in [0.3, 0.4) is 0 Å². The highest BCUT2D eigenvalue weighted by Gasteiger charge is 2.48. The number of ether oxygens (including phenoxy) is 4. The molecule has 2 saturated heterocycles. The van der Waals surface area contributed by atoms with Crippen molar-refractivity contribution in [1.29, 1.82) is 5.26 Å². The summed E-state index contributed by atoms with van der Waals surface area (Å²) < 4.78 is 50.2. The Labute approximate surface area is 522 Å². The number of nitriles is 1. The molecule has 89 heavy (non-hydrogen) atoms. The minimum absolute atomic E-state index is 0. The Morgan fingerprint density at radius 1 is 0.831 bits per heavy atom. The number of anilines is 2. The topological polar surface area (TPSA) is 277 Å². The number of carbonyl (C=O) groups excluding carboxylic acids is 2. The second-order valence-electron chi connectivity index (χ2n) is 21.8. The Kier molecular flexibility index (Phi) is 22.1. The van der Waals surface area contributed by atoms with Gasteiger partial charge in [-0.3, -0.25) is 18.7 Å². The molecule has 23 heteroatoms. The summed E-state index contributed by atoms with van der Waals surface area (Å²) in [5.74, 6) is 0.0305. The van der Waals surface area contributed by atoms with Crippen molar-refractivity contribution in [3.63, 3.8) is 0 Å². The number of nitrogens with zero attached hydrogens (tertiary/aromatic N) is 7. The predicted octanol–water partition coefficient (Wildman–Crippen LogP) is 10.9. The molecule has 0 saturated carbocycles. The lowest BCUT2D eigenvalue weighted by Crippen LogP contribution is -2.39. The number of methoxy groups -OCH3 is 1. The van der Waals surface area contributed by atoms with E-state index in [0.29, 0.717) is 40.9 Å². The van der Waals surface area contributed by atoms with E-state index in [1.165, 1.54) is 29.5 Å². The molecular formula is C66H74N9O12PS. The minimum Gasteiger partial charge on any atom is -0.497 e. The molecule has 3 aromatic heterocycles. The van der Waals surface area contributed by atoms with Crippen LogP contribution in [-0.4, -0.2) is 102 Å². The molecule has 21 nitrogen and oxygen atoms in total. The Balaban J connectivity index is 0.00000512. The molecule has 0 spiro atoms. The average Bonchev–Trinajstić information content (AvgIpc) is 2.03. The molecule has 2 amide bonds. The lowest BCUT2D eigenvalue weighted by Gasteiger charge is -2.39. The van der Waals surface area contributed by atoms with Crippen LogP contribution in [0.15, 0.2) is 176 Å². The number of aliphatic hydroxyl groups is 1. The monoisotopic (exact) mass is 1250 g/mol. The maximum absolute atomic E-state index is 14.2. The lowest BCUT2D eigenvalue weighted by molar-refractivity contribution is -0.0956. The highest BCUT2D eigenvalue weighted by Crippen LogP contribution is 2.58. The molecule has 5 heterocycles. The van der Waals surface area contributed by atoms with Crippen molar-refractivity contribution < 1.29 is 52.7 Å². The van der Waals surface area contributed by atoms with E-state index in [1.807, 2.05) is 125 Å². The summed E-state index contributed by atoms with van der Waals surface area (Å²) in [4.78, 5) is 58.2. The fourth-order valence-corrected chi connectivity index (χ4v) is 13.4. The van der Waals surface area contributed by atoms with Crippen LogP contribution in [0.5, 0.6) is 5.75 Å². The third-order valence-corrected chi connectivity index (χ3v) is 18.3. The van der Waals surface area contributed by atoms with Crippen LogP contribution < -0.4 is 21.1 Å². The van der Waals surface area contributed by atoms with Gasteiger partial charge < -0.3 is 53.7 Å². The third-order valence-electron chi connectivity index (χ3n) is 16.0. The third kappa shape index (κ3) is 15.0. The number of aryl methyl sites for hydroxylation is 2. The minimum atomic E-state index is -4.13. The van der Waals surface area contributed by atoms with Crippen LogP contribution in [-0.2, 0) is 45.2 Å². The second-order valence-corrected chi connectivity index (χ2v) is 24.7. The van der Waals surface area contributed by atoms with Crippen molar-refractivity contribution in [1.82, 2.24) is 29.1 Å². The predicted molar refractivity (Wildman–Crippen MR) is 341 cm³/mol. The largest absolute Gasteiger partial charge is 0.497 e. The second kappa shape index (κ2) is 29.4. The highest BCUT2D eigenvalue weighted by molar-refractivity contribution is 8.07. The Morgan fingerprint density at radius 2 is 1.44 bits per heavy atom. The maximum Gasteiger partial charge on any atom is 0.351 e. The zero-order valence-corrected chi connectivity index (χ0v) is 51.0. The number of nitrogens with one attached hydrogen (secondary N) is 2. The van der Waals surface area contributed by atoms with E-state index in [-0.39, 0.29) is 62.9 Å². The molecule has 5 N–H and O–H groups in total. The van der Waals surface area contributed by atoms with Gasteiger partial charge in [-0.2, -0.15) is 10.2 Å². The first-order valence-electron chi connectivity index (χ1n) is 28.6. The number of hydrogen-bond donors (Lipinski definition) is 3. The first-order chi connectivity index (χ1) is 42.0. The van der Waals surface area contributed by atoms with Gasteiger partial charge in [0.25, 0.3) is 11.8 Å². The van der Waals surface area contributed by atoms with Crippen molar-refractivity contribution in [2.24, 2.45) is 5.41 Å². The van der Waals surface area contributed by atoms with E-state index < -0.39 is 72.3 Å². The molecular weight excluding hydrogens is 1170 g/mol. The molecule has 8 aromatic rings. The van der Waals surface area contributed by atoms with Crippen LogP contribution >= 0.6 is 6.72 Å². The van der Waals surface area contributed by atoms with Crippen molar-refractivity contribution >= 4 is 53.1 Å². The number of carbonyl (C=O) groups is 2. The van der Waals surface area contributed by atoms with Crippen molar-refractivity contribution in [2.45, 2.75) is 116 Å². The summed E-state index contributed by atoms with van der Waals surface area (Å²) in [6.45, 7) is 7.27. The number of aliphatic hydroxyl groups excluding tert-OH is 1. The smallest absolute Gasteiger partial charge is 0.351 e. The number of hydrogen-bond acceptors (Lipinski definition) is 17. The van der Waals surface area contributed by atoms with Gasteiger partial charge in [-0.05, 0) is 103 Å². The number of fused-ring (bicyclic) bond motifs is 1. The molecule has 0 radical (unpaired) electrons. The van der Waals surface area contributed by atoms with Gasteiger partial charge in [-0.1, -0.05) is 136 Å². The van der Waals surface area contributed by atoms with Crippen LogP contribution in [0.25, 0.3) is 11.2 Å². The first kappa shape index (κ1) is 66.8. The van der Waals surface area contributed by atoms with Gasteiger partial charge in [0.1, 0.15) is 48.2 Å². The number of rotatable bonds is 25. The van der Waals surface area contributed by atoms with Crippen LogP contribution in [0, 0.1) is 30.6 Å². The number of aromatic nitrogens is 6. The van der Waals surface area contributed by atoms with E-state index in [0.717, 1.165) is 27.8 Å². The van der Waals surface area contributed by atoms with E-state index in [1.54, 1.807) is 54.2 Å². The normalized spacial score (nSPS) is 20.3. The Morgan fingerprint density at radius 3 is 2.08 bits per heavy atom. The van der Waals surface area contributed by atoms with Gasteiger partial charge in [-0.15, -0.1) is 6.58 Å². The number of imidazole rings is 1. The molecule has 10 atom stereocenters. The molecule has 10 rings (SSSR count). The quantitative estimate of drug-likeness (QED) is 0.0272. The molecule has 5 aromatic carbocycles. The Bertz CT molecular complexity index is 3860. The fourth-order valence-electron chi connectivity index (χ4n) is 10.8. The van der Waals surface area contributed by atoms with Gasteiger partial charge in [0, 0.05) is 30.2 Å². The molecule has 466 valence electrons. The first-order valence-corrected chi connectivity index (χ1v) is 31.1. The van der Waals surface area contributed by atoms with E-state index in [9.17, 15) is 24.8 Å². The summed E-state index contributed by atoms with van der Waals surface area (Å²) in [7, 11) is 1.60. The zero-order chi connectivity index (χ0) is 61.3. The van der Waals surface area contributed by atoms with Crippen LogP contribution in [0.1, 0.15) is 114 Å². The maximum atomic E-state index is 14.2. The summed E-state index contributed by atoms with van der Waals surface area (Å²) in [5.41, 5.74) is 3.16. The SMILES string of the molecule is C.C=CCC(C)(CC)C(CC#N)OP(=S)(OCC1OC(n2cnc3c(NC(=O)c4ccccc4)ncnc32)CC1O)OC1CC(n2ccc(NC(=O)c3ccc(C)cc3)nc2=O)OC1COC(c1ccccc1)(c1ccc(C)cc1)c1ccc(OC)cc1.O. The van der Waals surface area contributed by atoms with Gasteiger partial charge in [0.15, 0.2) is 17.0 Å². The number of allylic oxidation sites excluding steroid dienone is 1. The lowest BCUT2D eigenvalue weighted by atomic mass is 9.77. The standard InChI is InChI=1S/C65H68N9O11PS.CH4.H2O/c1-7-33-64(5,8-2)54(31-34-66)85-86(87,81-39-52-50(75)36-56(82-52)74-41-69-58-59(67-40-68-60(58)74)72-62(77)44-15-11-9-12-16-44)84-51-37-57(73-35-32-55(71-63(73)78)70-61(76)45-23-19-42(3)20-24-45)83-53(51)38-80-65(46-17-13-10-14-18-46,47-25-21-43(4)22-26-47)48-27-29-49(79-6)30-28-48;;/h7,9-30,32,35,40-41,50-54,56-57,75H,1,8,31,33,36-39H2,2-6H3,(H,67,68,72,77)(H,70,71,76,78);1H4;1H2. The van der Waals surface area contributed by atoms with Gasteiger partial charge in [0.05, 0.1) is 57.5 Å². The number of benzene rings is 5. The summed E-state index contributed by atoms with van der Waals surface area (Å²) >= 11 is 6.50. The summed E-state index contributed by atoms with van der Waals surface area (Å²) in [5, 5.41) is 27.7. The van der Waals surface area contributed by atoms with E-state index in [4.69, 9.17) is 44.3 Å². The van der Waals surface area contributed by atoms with E-state index in [2.05, 4.69) is 43.2 Å². The molecule has 2 fully saturated rings. The van der Waals surface area contributed by atoms with Crippen LogP contribution in [0.4, 0.5) is 11.6 Å². The van der Waals surface area contributed by atoms with Gasteiger partial charge in [-0.25, -0.2) is 19.7 Å². The molecule has 0 aliphatic carbocycles. The van der Waals surface area contributed by atoms with E-state index >= 15 is 0 Å². The molecule has 0 bridgehead atoms. The van der Waals surface area contributed by atoms with Crippen molar-refractivity contribution in [3.8, 4) is 11.8 Å². The van der Waals surface area contributed by atoms with Crippen molar-refractivity contribution in [2.75, 3.05) is 31.0 Å². The fraction of sp³-hybridized carbons (Fsp3) is 0.333. The van der Waals surface area contributed by atoms with Crippen molar-refractivity contribution in [3.05, 3.63) is 220 Å².